The lowest BCUT2D eigenvalue weighted by molar-refractivity contribution is -0.135. The monoisotopic (exact) mass is 328 g/mol. The number of rotatable bonds is 3. The number of nitrogens with one attached hydrogen (secondary N) is 1. The molecule has 0 spiro atoms. The summed E-state index contributed by atoms with van der Waals surface area (Å²) in [5, 5.41) is 0. The van der Waals surface area contributed by atoms with Gasteiger partial charge in [-0.05, 0) is 18.2 Å². The Morgan fingerprint density at radius 2 is 1.83 bits per heavy atom. The Kier molecular flexibility index (Phi) is 4.55. The topological polar surface area (TPSA) is 69.3 Å². The van der Waals surface area contributed by atoms with E-state index in [9.17, 15) is 9.59 Å². The Balaban J connectivity index is 1.70. The number of H-pyrrole nitrogens is 1. The third-order valence-electron chi connectivity index (χ3n) is 4.49. The molecule has 1 saturated heterocycles. The zero-order valence-corrected chi connectivity index (χ0v) is 14.5. The van der Waals surface area contributed by atoms with Crippen molar-refractivity contribution in [3.8, 4) is 0 Å². The highest BCUT2D eigenvalue weighted by Gasteiger charge is 2.26. The fraction of sp³-hybridized carbons (Fsp3) is 0.500. The highest BCUT2D eigenvalue weighted by Crippen LogP contribution is 2.17. The van der Waals surface area contributed by atoms with Crippen LogP contribution in [0.2, 0.25) is 0 Å². The van der Waals surface area contributed by atoms with E-state index in [1.165, 1.54) is 0 Å². The van der Waals surface area contributed by atoms with E-state index in [-0.39, 0.29) is 17.7 Å². The Hall–Kier alpha value is -2.37. The van der Waals surface area contributed by atoms with Crippen molar-refractivity contribution >= 4 is 22.8 Å². The van der Waals surface area contributed by atoms with Crippen LogP contribution in [0.5, 0.6) is 0 Å². The number of fused-ring (bicyclic) bond motifs is 1. The average molecular weight is 328 g/mol. The second kappa shape index (κ2) is 6.63. The van der Waals surface area contributed by atoms with Crippen molar-refractivity contribution in [2.24, 2.45) is 5.92 Å². The molecule has 0 bridgehead atoms. The molecule has 0 radical (unpaired) electrons. The number of carbonyl (C=O) groups excluding carboxylic acids is 2. The van der Waals surface area contributed by atoms with Gasteiger partial charge >= 0.3 is 0 Å². The Labute approximate surface area is 141 Å². The lowest BCUT2D eigenvalue weighted by Crippen LogP contribution is -2.51. The van der Waals surface area contributed by atoms with E-state index >= 15 is 0 Å². The standard InChI is InChI=1S/C18H24N4O2/c1-4-16-19-14-6-5-13(11-15(14)20-16)18(24)22-9-7-21(8-10-22)17(23)12(2)3/h5-6,11-12H,4,7-10H2,1-3H3,(H,19,20). The number of imidazole rings is 1. The van der Waals surface area contributed by atoms with Gasteiger partial charge in [-0.3, -0.25) is 9.59 Å². The van der Waals surface area contributed by atoms with E-state index in [1.807, 2.05) is 48.8 Å². The number of aromatic amines is 1. The van der Waals surface area contributed by atoms with Crippen molar-refractivity contribution in [2.75, 3.05) is 26.2 Å². The summed E-state index contributed by atoms with van der Waals surface area (Å²) in [6, 6.07) is 5.59. The van der Waals surface area contributed by atoms with Gasteiger partial charge in [0.05, 0.1) is 11.0 Å². The fourth-order valence-electron chi connectivity index (χ4n) is 3.04. The van der Waals surface area contributed by atoms with Crippen LogP contribution >= 0.6 is 0 Å². The number of piperazine rings is 1. The molecule has 2 heterocycles. The molecule has 6 heteroatoms. The first-order valence-corrected chi connectivity index (χ1v) is 8.56. The normalized spacial score (nSPS) is 15.3. The van der Waals surface area contributed by atoms with Gasteiger partial charge in [0, 0.05) is 44.1 Å². The van der Waals surface area contributed by atoms with Gasteiger partial charge in [-0.25, -0.2) is 4.98 Å². The van der Waals surface area contributed by atoms with Gasteiger partial charge in [0.25, 0.3) is 5.91 Å². The number of aromatic nitrogens is 2. The first kappa shape index (κ1) is 16.5. The van der Waals surface area contributed by atoms with Crippen LogP contribution in [0.1, 0.15) is 37.0 Å². The van der Waals surface area contributed by atoms with Gasteiger partial charge in [0.2, 0.25) is 5.91 Å². The van der Waals surface area contributed by atoms with Gasteiger partial charge in [0.15, 0.2) is 0 Å². The molecule has 1 N–H and O–H groups in total. The second-order valence-electron chi connectivity index (χ2n) is 6.54. The van der Waals surface area contributed by atoms with E-state index in [2.05, 4.69) is 9.97 Å². The van der Waals surface area contributed by atoms with Crippen LogP contribution in [0.25, 0.3) is 11.0 Å². The number of amides is 2. The van der Waals surface area contributed by atoms with Crippen LogP contribution in [0.15, 0.2) is 18.2 Å². The number of nitrogens with zero attached hydrogens (tertiary/aromatic N) is 3. The molecule has 0 aliphatic carbocycles. The molecule has 0 saturated carbocycles. The lowest BCUT2D eigenvalue weighted by atomic mass is 10.1. The number of hydrogen-bond acceptors (Lipinski definition) is 3. The molecule has 2 amide bonds. The number of hydrogen-bond donors (Lipinski definition) is 1. The minimum Gasteiger partial charge on any atom is -0.342 e. The Bertz CT molecular complexity index is 757. The first-order valence-electron chi connectivity index (χ1n) is 8.56. The molecule has 3 rings (SSSR count). The maximum atomic E-state index is 12.7. The molecule has 128 valence electrons. The molecule has 1 fully saturated rings. The molecule has 0 unspecified atom stereocenters. The summed E-state index contributed by atoms with van der Waals surface area (Å²) >= 11 is 0. The summed E-state index contributed by atoms with van der Waals surface area (Å²) in [7, 11) is 0. The number of aryl methyl sites for hydroxylation is 1. The fourth-order valence-corrected chi connectivity index (χ4v) is 3.04. The van der Waals surface area contributed by atoms with Crippen molar-refractivity contribution in [1.82, 2.24) is 19.8 Å². The second-order valence-corrected chi connectivity index (χ2v) is 6.54. The average Bonchev–Trinajstić information content (AvgIpc) is 3.02. The number of carbonyl (C=O) groups is 2. The first-order chi connectivity index (χ1) is 11.5. The zero-order valence-electron chi connectivity index (χ0n) is 14.5. The SMILES string of the molecule is CCc1nc2ccc(C(=O)N3CCN(C(=O)C(C)C)CC3)cc2[nH]1. The van der Waals surface area contributed by atoms with Crippen LogP contribution in [0, 0.1) is 5.92 Å². The molecular weight excluding hydrogens is 304 g/mol. The van der Waals surface area contributed by atoms with Crippen LogP contribution in [0.4, 0.5) is 0 Å². The maximum Gasteiger partial charge on any atom is 0.254 e. The largest absolute Gasteiger partial charge is 0.342 e. The van der Waals surface area contributed by atoms with Crippen LogP contribution in [-0.2, 0) is 11.2 Å². The van der Waals surface area contributed by atoms with Crippen LogP contribution in [-0.4, -0.2) is 57.8 Å². The minimum absolute atomic E-state index is 0.00259. The van der Waals surface area contributed by atoms with Gasteiger partial charge < -0.3 is 14.8 Å². The number of benzene rings is 1. The summed E-state index contributed by atoms with van der Waals surface area (Å²) in [6.07, 6.45) is 0.837. The molecule has 1 aromatic carbocycles. The van der Waals surface area contributed by atoms with Crippen LogP contribution < -0.4 is 0 Å². The highest BCUT2D eigenvalue weighted by atomic mass is 16.2. The van der Waals surface area contributed by atoms with Crippen molar-refractivity contribution in [3.63, 3.8) is 0 Å². The minimum atomic E-state index is 0.00259. The predicted octanol–water partition coefficient (Wildman–Crippen LogP) is 2.07. The molecule has 1 aromatic heterocycles. The van der Waals surface area contributed by atoms with Crippen molar-refractivity contribution in [3.05, 3.63) is 29.6 Å². The van der Waals surface area contributed by atoms with Gasteiger partial charge in [0.1, 0.15) is 5.82 Å². The molecule has 24 heavy (non-hydrogen) atoms. The molecule has 2 aromatic rings. The smallest absolute Gasteiger partial charge is 0.254 e. The molecule has 0 atom stereocenters. The quantitative estimate of drug-likeness (QED) is 0.938. The van der Waals surface area contributed by atoms with E-state index in [0.717, 1.165) is 23.3 Å². The third-order valence-corrected chi connectivity index (χ3v) is 4.49. The summed E-state index contributed by atoms with van der Waals surface area (Å²) in [5.41, 5.74) is 2.44. The van der Waals surface area contributed by atoms with Gasteiger partial charge in [-0.2, -0.15) is 0 Å². The summed E-state index contributed by atoms with van der Waals surface area (Å²) in [5.74, 6) is 1.10. The van der Waals surface area contributed by atoms with Crippen LogP contribution in [0.3, 0.4) is 0 Å². The third kappa shape index (κ3) is 3.13. The molecule has 6 nitrogen and oxygen atoms in total. The van der Waals surface area contributed by atoms with E-state index < -0.39 is 0 Å². The molecule has 1 aliphatic heterocycles. The predicted molar refractivity (Wildman–Crippen MR) is 92.8 cm³/mol. The van der Waals surface area contributed by atoms with Crippen molar-refractivity contribution in [1.29, 1.82) is 0 Å². The molecular formula is C18H24N4O2. The van der Waals surface area contributed by atoms with Crippen molar-refractivity contribution < 1.29 is 9.59 Å². The van der Waals surface area contributed by atoms with E-state index in [4.69, 9.17) is 0 Å². The summed E-state index contributed by atoms with van der Waals surface area (Å²) < 4.78 is 0. The molecule has 1 aliphatic rings. The highest BCUT2D eigenvalue weighted by molar-refractivity contribution is 5.97. The van der Waals surface area contributed by atoms with E-state index in [0.29, 0.717) is 31.7 Å². The van der Waals surface area contributed by atoms with Gasteiger partial charge in [-0.15, -0.1) is 0 Å². The summed E-state index contributed by atoms with van der Waals surface area (Å²) in [4.78, 5) is 36.1. The lowest BCUT2D eigenvalue weighted by Gasteiger charge is -2.35. The van der Waals surface area contributed by atoms with Gasteiger partial charge in [-0.1, -0.05) is 20.8 Å². The summed E-state index contributed by atoms with van der Waals surface area (Å²) in [6.45, 7) is 8.23. The van der Waals surface area contributed by atoms with E-state index in [1.54, 1.807) is 0 Å². The zero-order chi connectivity index (χ0) is 17.3. The maximum absolute atomic E-state index is 12.7. The van der Waals surface area contributed by atoms with Crippen molar-refractivity contribution in [2.45, 2.75) is 27.2 Å². The Morgan fingerprint density at radius 3 is 2.46 bits per heavy atom. The Morgan fingerprint density at radius 1 is 1.17 bits per heavy atom.